The molecular weight excluding hydrogens is 393 g/mol. The van der Waals surface area contributed by atoms with Crippen LogP contribution >= 0.6 is 11.3 Å². The van der Waals surface area contributed by atoms with Gasteiger partial charge in [-0.15, -0.1) is 11.3 Å². The zero-order valence-electron chi connectivity index (χ0n) is 15.8. The van der Waals surface area contributed by atoms with Crippen LogP contribution in [0, 0.1) is 12.8 Å². The predicted molar refractivity (Wildman–Crippen MR) is 100 cm³/mol. The molecule has 2 aromatic rings. The molecule has 1 aliphatic rings. The van der Waals surface area contributed by atoms with Crippen LogP contribution in [0.2, 0.25) is 0 Å². The second-order valence-corrected chi connectivity index (χ2v) is 7.63. The van der Waals surface area contributed by atoms with Crippen molar-refractivity contribution in [2.75, 3.05) is 27.3 Å². The molecule has 0 bridgehead atoms. The second-order valence-electron chi connectivity index (χ2n) is 6.64. The highest BCUT2D eigenvalue weighted by Gasteiger charge is 2.43. The standard InChI is InChI=1S/C19H21F3N2O3S/c1-11-16(18(25)24-8-4-5-13(10-24)19(20,21)22)28-17(23-11)12-6-7-14(26-2)15(9-12)27-3/h6-7,9,13H,4-5,8,10H2,1-3H3/t13-/m0/s1. The molecule has 2 heterocycles. The Labute approximate surface area is 165 Å². The molecular formula is C19H21F3N2O3S. The summed E-state index contributed by atoms with van der Waals surface area (Å²) < 4.78 is 49.7. The lowest BCUT2D eigenvalue weighted by Gasteiger charge is -2.33. The molecule has 1 aromatic carbocycles. The molecule has 1 aromatic heterocycles. The smallest absolute Gasteiger partial charge is 0.393 e. The fraction of sp³-hybridized carbons (Fsp3) is 0.474. The number of ether oxygens (including phenoxy) is 2. The lowest BCUT2D eigenvalue weighted by Crippen LogP contribution is -2.44. The average Bonchev–Trinajstić information content (AvgIpc) is 3.07. The van der Waals surface area contributed by atoms with E-state index >= 15 is 0 Å². The number of rotatable bonds is 4. The number of thiazole rings is 1. The van der Waals surface area contributed by atoms with Crippen LogP contribution in [0.1, 0.15) is 28.2 Å². The number of hydrogen-bond donors (Lipinski definition) is 0. The Morgan fingerprint density at radius 3 is 2.61 bits per heavy atom. The van der Waals surface area contributed by atoms with E-state index in [0.29, 0.717) is 40.0 Å². The number of methoxy groups -OCH3 is 2. The van der Waals surface area contributed by atoms with Gasteiger partial charge in [-0.05, 0) is 38.0 Å². The molecule has 1 saturated heterocycles. The highest BCUT2D eigenvalue weighted by atomic mass is 32.1. The van der Waals surface area contributed by atoms with E-state index in [-0.39, 0.29) is 13.0 Å². The first kappa shape index (κ1) is 20.4. The Bertz CT molecular complexity index is 867. The van der Waals surface area contributed by atoms with E-state index in [2.05, 4.69) is 4.98 Å². The average molecular weight is 414 g/mol. The molecule has 0 radical (unpaired) electrons. The maximum absolute atomic E-state index is 13.0. The van der Waals surface area contributed by atoms with Gasteiger partial charge in [-0.2, -0.15) is 13.2 Å². The second kappa shape index (κ2) is 7.98. The topological polar surface area (TPSA) is 51.7 Å². The number of carbonyl (C=O) groups excluding carboxylic acids is 1. The zero-order valence-corrected chi connectivity index (χ0v) is 16.6. The lowest BCUT2D eigenvalue weighted by atomic mass is 9.97. The molecule has 3 rings (SSSR count). The van der Waals surface area contributed by atoms with E-state index in [0.717, 1.165) is 5.56 Å². The van der Waals surface area contributed by atoms with E-state index in [1.807, 2.05) is 0 Å². The molecule has 0 N–H and O–H groups in total. The summed E-state index contributed by atoms with van der Waals surface area (Å²) in [6.45, 7) is 1.72. The summed E-state index contributed by atoms with van der Waals surface area (Å²) in [7, 11) is 3.06. The van der Waals surface area contributed by atoms with Gasteiger partial charge in [0.2, 0.25) is 0 Å². The van der Waals surface area contributed by atoms with Crippen molar-refractivity contribution in [3.05, 3.63) is 28.8 Å². The number of likely N-dealkylation sites (tertiary alicyclic amines) is 1. The minimum absolute atomic E-state index is 0.0614. The van der Waals surface area contributed by atoms with Gasteiger partial charge in [0.25, 0.3) is 5.91 Å². The van der Waals surface area contributed by atoms with E-state index in [9.17, 15) is 18.0 Å². The van der Waals surface area contributed by atoms with Gasteiger partial charge in [0, 0.05) is 18.7 Å². The number of aryl methyl sites for hydroxylation is 1. The molecule has 9 heteroatoms. The summed E-state index contributed by atoms with van der Waals surface area (Å²) >= 11 is 1.18. The number of benzene rings is 1. The Hall–Kier alpha value is -2.29. The molecule has 1 amide bonds. The van der Waals surface area contributed by atoms with Gasteiger partial charge in [-0.25, -0.2) is 4.98 Å². The van der Waals surface area contributed by atoms with Crippen molar-refractivity contribution in [2.24, 2.45) is 5.92 Å². The van der Waals surface area contributed by atoms with E-state index in [1.54, 1.807) is 25.1 Å². The molecule has 0 saturated carbocycles. The van der Waals surface area contributed by atoms with Crippen molar-refractivity contribution in [1.29, 1.82) is 0 Å². The Morgan fingerprint density at radius 1 is 1.25 bits per heavy atom. The van der Waals surface area contributed by atoms with Gasteiger partial charge >= 0.3 is 6.18 Å². The number of nitrogens with zero attached hydrogens (tertiary/aromatic N) is 2. The van der Waals surface area contributed by atoms with Gasteiger partial charge in [0.15, 0.2) is 11.5 Å². The number of carbonyl (C=O) groups is 1. The Morgan fingerprint density at radius 2 is 1.96 bits per heavy atom. The zero-order chi connectivity index (χ0) is 20.5. The molecule has 1 atom stereocenters. The number of amides is 1. The third kappa shape index (κ3) is 4.09. The maximum atomic E-state index is 13.0. The number of piperidine rings is 1. The Kier molecular flexibility index (Phi) is 5.83. The maximum Gasteiger partial charge on any atom is 0.393 e. The fourth-order valence-electron chi connectivity index (χ4n) is 3.26. The van der Waals surface area contributed by atoms with Crippen LogP contribution in [0.4, 0.5) is 13.2 Å². The molecule has 28 heavy (non-hydrogen) atoms. The third-order valence-electron chi connectivity index (χ3n) is 4.79. The van der Waals surface area contributed by atoms with Crippen LogP contribution in [0.3, 0.4) is 0 Å². The summed E-state index contributed by atoms with van der Waals surface area (Å²) in [6, 6.07) is 5.30. The summed E-state index contributed by atoms with van der Waals surface area (Å²) in [5, 5.41) is 0.603. The van der Waals surface area contributed by atoms with Crippen LogP contribution in [0.5, 0.6) is 11.5 Å². The summed E-state index contributed by atoms with van der Waals surface area (Å²) in [5.41, 5.74) is 1.26. The van der Waals surface area contributed by atoms with E-state index < -0.39 is 18.0 Å². The Balaban J connectivity index is 1.85. The monoisotopic (exact) mass is 414 g/mol. The minimum Gasteiger partial charge on any atom is -0.493 e. The largest absolute Gasteiger partial charge is 0.493 e. The quantitative estimate of drug-likeness (QED) is 0.737. The van der Waals surface area contributed by atoms with E-state index in [4.69, 9.17) is 9.47 Å². The van der Waals surface area contributed by atoms with Crippen LogP contribution in [-0.2, 0) is 0 Å². The molecule has 0 spiro atoms. The van der Waals surface area contributed by atoms with Gasteiger partial charge < -0.3 is 14.4 Å². The van der Waals surface area contributed by atoms with Crippen LogP contribution in [0.15, 0.2) is 18.2 Å². The van der Waals surface area contributed by atoms with Gasteiger partial charge in [-0.3, -0.25) is 4.79 Å². The summed E-state index contributed by atoms with van der Waals surface area (Å²) in [4.78, 5) is 19.0. The summed E-state index contributed by atoms with van der Waals surface area (Å²) in [6.07, 6.45) is -3.88. The first-order valence-corrected chi connectivity index (χ1v) is 9.62. The van der Waals surface area contributed by atoms with Crippen molar-refractivity contribution in [1.82, 2.24) is 9.88 Å². The lowest BCUT2D eigenvalue weighted by molar-refractivity contribution is -0.184. The predicted octanol–water partition coefficient (Wildman–Crippen LogP) is 4.55. The fourth-order valence-corrected chi connectivity index (χ4v) is 4.29. The van der Waals surface area contributed by atoms with Crippen molar-refractivity contribution in [3.8, 4) is 22.1 Å². The SMILES string of the molecule is COc1ccc(-c2nc(C)c(C(=O)N3CCC[C@H](C(F)(F)F)C3)s2)cc1OC. The molecule has 0 aliphatic carbocycles. The van der Waals surface area contributed by atoms with Gasteiger partial charge in [0.05, 0.1) is 25.8 Å². The molecule has 152 valence electrons. The van der Waals surface area contributed by atoms with Crippen LogP contribution in [0.25, 0.3) is 10.6 Å². The minimum atomic E-state index is -4.29. The first-order valence-electron chi connectivity index (χ1n) is 8.80. The van der Waals surface area contributed by atoms with Crippen molar-refractivity contribution in [2.45, 2.75) is 25.9 Å². The van der Waals surface area contributed by atoms with Gasteiger partial charge in [-0.1, -0.05) is 0 Å². The van der Waals surface area contributed by atoms with E-state index in [1.165, 1.54) is 30.5 Å². The van der Waals surface area contributed by atoms with Crippen LogP contribution < -0.4 is 9.47 Å². The normalized spacial score (nSPS) is 17.5. The van der Waals surface area contributed by atoms with Crippen molar-refractivity contribution in [3.63, 3.8) is 0 Å². The van der Waals surface area contributed by atoms with Crippen molar-refractivity contribution >= 4 is 17.2 Å². The van der Waals surface area contributed by atoms with Gasteiger partial charge in [0.1, 0.15) is 9.88 Å². The number of hydrogen-bond acceptors (Lipinski definition) is 5. The molecule has 5 nitrogen and oxygen atoms in total. The summed E-state index contributed by atoms with van der Waals surface area (Å²) in [5.74, 6) is -0.758. The highest BCUT2D eigenvalue weighted by molar-refractivity contribution is 7.17. The number of halogens is 3. The molecule has 0 unspecified atom stereocenters. The number of aromatic nitrogens is 1. The van der Waals surface area contributed by atoms with Crippen LogP contribution in [-0.4, -0.2) is 49.3 Å². The molecule has 1 fully saturated rings. The molecule has 1 aliphatic heterocycles. The number of alkyl halides is 3. The highest BCUT2D eigenvalue weighted by Crippen LogP contribution is 2.37. The third-order valence-corrected chi connectivity index (χ3v) is 5.99. The van der Waals surface area contributed by atoms with Crippen molar-refractivity contribution < 1.29 is 27.4 Å². The first-order chi connectivity index (χ1) is 13.2.